The van der Waals surface area contributed by atoms with Crippen LogP contribution in [0.5, 0.6) is 0 Å². The number of rotatable bonds is 3. The fourth-order valence-electron chi connectivity index (χ4n) is 1.20. The number of pyridine rings is 1. The summed E-state index contributed by atoms with van der Waals surface area (Å²) in [5.74, 6) is 1.02. The number of amides is 2. The summed E-state index contributed by atoms with van der Waals surface area (Å²) in [6.45, 7) is 6.68. The van der Waals surface area contributed by atoms with Gasteiger partial charge in [-0.2, -0.15) is 0 Å². The largest absolute Gasteiger partial charge is 0.338 e. The average molecular weight is 207 g/mol. The Morgan fingerprint density at radius 3 is 2.87 bits per heavy atom. The summed E-state index contributed by atoms with van der Waals surface area (Å²) in [4.78, 5) is 15.3. The fraction of sp³-hybridized carbons (Fsp3) is 0.455. The van der Waals surface area contributed by atoms with E-state index in [2.05, 4.69) is 29.5 Å². The molecule has 0 fully saturated rings. The molecule has 2 amide bonds. The van der Waals surface area contributed by atoms with Crippen LogP contribution >= 0.6 is 0 Å². The second-order valence-electron chi connectivity index (χ2n) is 3.61. The molecule has 0 aromatic carbocycles. The number of carbonyl (C=O) groups is 1. The third kappa shape index (κ3) is 3.58. The third-order valence-electron chi connectivity index (χ3n) is 2.03. The van der Waals surface area contributed by atoms with Crippen molar-refractivity contribution in [2.75, 3.05) is 11.9 Å². The minimum absolute atomic E-state index is 0.217. The van der Waals surface area contributed by atoms with Crippen LogP contribution in [0.3, 0.4) is 0 Å². The van der Waals surface area contributed by atoms with Gasteiger partial charge in [-0.3, -0.25) is 5.32 Å². The van der Waals surface area contributed by atoms with E-state index in [0.717, 1.165) is 5.56 Å². The lowest BCUT2D eigenvalue weighted by atomic mass is 10.1. The molecule has 15 heavy (non-hydrogen) atoms. The van der Waals surface area contributed by atoms with Gasteiger partial charge in [0.2, 0.25) is 0 Å². The molecule has 0 atom stereocenters. The van der Waals surface area contributed by atoms with E-state index in [1.807, 2.05) is 19.1 Å². The fourth-order valence-corrected chi connectivity index (χ4v) is 1.20. The van der Waals surface area contributed by atoms with Gasteiger partial charge in [-0.25, -0.2) is 9.78 Å². The molecule has 82 valence electrons. The SMILES string of the molecule is CCNC(=O)Nc1cc(C(C)C)ccn1. The monoisotopic (exact) mass is 207 g/mol. The molecule has 0 aliphatic carbocycles. The van der Waals surface area contributed by atoms with Crippen LogP contribution in [0.4, 0.5) is 10.6 Å². The minimum Gasteiger partial charge on any atom is -0.338 e. The van der Waals surface area contributed by atoms with Crippen LogP contribution in [0, 0.1) is 0 Å². The van der Waals surface area contributed by atoms with Crippen molar-refractivity contribution in [1.29, 1.82) is 0 Å². The van der Waals surface area contributed by atoms with Gasteiger partial charge < -0.3 is 5.32 Å². The normalized spacial score (nSPS) is 10.1. The Hall–Kier alpha value is -1.58. The van der Waals surface area contributed by atoms with E-state index in [1.54, 1.807) is 6.20 Å². The molecule has 2 N–H and O–H groups in total. The first-order chi connectivity index (χ1) is 7.13. The van der Waals surface area contributed by atoms with Crippen molar-refractivity contribution < 1.29 is 4.79 Å². The second kappa shape index (κ2) is 5.34. The Balaban J connectivity index is 2.69. The van der Waals surface area contributed by atoms with Crippen LogP contribution in [0.25, 0.3) is 0 Å². The number of hydrogen-bond donors (Lipinski definition) is 2. The van der Waals surface area contributed by atoms with Gasteiger partial charge >= 0.3 is 6.03 Å². The molecule has 1 heterocycles. The van der Waals surface area contributed by atoms with Gasteiger partial charge in [0.1, 0.15) is 5.82 Å². The molecule has 0 aliphatic rings. The molecular weight excluding hydrogens is 190 g/mol. The quantitative estimate of drug-likeness (QED) is 0.799. The lowest BCUT2D eigenvalue weighted by Crippen LogP contribution is -2.28. The van der Waals surface area contributed by atoms with Crippen molar-refractivity contribution in [2.45, 2.75) is 26.7 Å². The summed E-state index contributed by atoms with van der Waals surface area (Å²) in [6, 6.07) is 3.62. The Morgan fingerprint density at radius 2 is 2.27 bits per heavy atom. The molecule has 0 aliphatic heterocycles. The van der Waals surface area contributed by atoms with Gasteiger partial charge in [0, 0.05) is 12.7 Å². The number of aromatic nitrogens is 1. The Labute approximate surface area is 90.1 Å². The van der Waals surface area contributed by atoms with Gasteiger partial charge in [0.15, 0.2) is 0 Å². The average Bonchev–Trinajstić information content (AvgIpc) is 2.18. The van der Waals surface area contributed by atoms with Crippen LogP contribution in [-0.4, -0.2) is 17.6 Å². The zero-order chi connectivity index (χ0) is 11.3. The van der Waals surface area contributed by atoms with Crippen molar-refractivity contribution in [3.8, 4) is 0 Å². The zero-order valence-corrected chi connectivity index (χ0v) is 9.37. The summed E-state index contributed by atoms with van der Waals surface area (Å²) < 4.78 is 0. The lowest BCUT2D eigenvalue weighted by molar-refractivity contribution is 0.252. The summed E-state index contributed by atoms with van der Waals surface area (Å²) in [6.07, 6.45) is 1.71. The van der Waals surface area contributed by atoms with Crippen LogP contribution in [0.15, 0.2) is 18.3 Å². The number of nitrogens with one attached hydrogen (secondary N) is 2. The van der Waals surface area contributed by atoms with E-state index in [1.165, 1.54) is 0 Å². The summed E-state index contributed by atoms with van der Waals surface area (Å²) in [7, 11) is 0. The Bertz CT molecular complexity index is 336. The number of urea groups is 1. The number of nitrogens with zero attached hydrogens (tertiary/aromatic N) is 1. The van der Waals surface area contributed by atoms with E-state index in [4.69, 9.17) is 0 Å². The van der Waals surface area contributed by atoms with Gasteiger partial charge in [0.25, 0.3) is 0 Å². The molecular formula is C11H17N3O. The molecule has 0 saturated heterocycles. The number of hydrogen-bond acceptors (Lipinski definition) is 2. The smallest absolute Gasteiger partial charge is 0.320 e. The van der Waals surface area contributed by atoms with Crippen molar-refractivity contribution in [1.82, 2.24) is 10.3 Å². The van der Waals surface area contributed by atoms with Crippen molar-refractivity contribution in [2.24, 2.45) is 0 Å². The Kier molecular flexibility index (Phi) is 4.09. The summed E-state index contributed by atoms with van der Waals surface area (Å²) in [5.41, 5.74) is 1.16. The number of anilines is 1. The summed E-state index contributed by atoms with van der Waals surface area (Å²) >= 11 is 0. The molecule has 0 radical (unpaired) electrons. The minimum atomic E-state index is -0.217. The van der Waals surface area contributed by atoms with Crippen LogP contribution in [0.2, 0.25) is 0 Å². The van der Waals surface area contributed by atoms with E-state index in [9.17, 15) is 4.79 Å². The first kappa shape index (κ1) is 11.5. The highest BCUT2D eigenvalue weighted by Crippen LogP contribution is 2.16. The first-order valence-electron chi connectivity index (χ1n) is 5.14. The van der Waals surface area contributed by atoms with E-state index >= 15 is 0 Å². The van der Waals surface area contributed by atoms with Gasteiger partial charge in [-0.1, -0.05) is 13.8 Å². The van der Waals surface area contributed by atoms with E-state index in [-0.39, 0.29) is 6.03 Å². The van der Waals surface area contributed by atoms with E-state index < -0.39 is 0 Å². The maximum absolute atomic E-state index is 11.2. The molecule has 4 heteroatoms. The highest BCUT2D eigenvalue weighted by atomic mass is 16.2. The molecule has 0 bridgehead atoms. The topological polar surface area (TPSA) is 54.0 Å². The highest BCUT2D eigenvalue weighted by Gasteiger charge is 2.03. The second-order valence-corrected chi connectivity index (χ2v) is 3.61. The zero-order valence-electron chi connectivity index (χ0n) is 9.37. The lowest BCUT2D eigenvalue weighted by Gasteiger charge is -2.08. The molecule has 0 unspecified atom stereocenters. The van der Waals surface area contributed by atoms with Gasteiger partial charge in [-0.15, -0.1) is 0 Å². The van der Waals surface area contributed by atoms with Crippen molar-refractivity contribution >= 4 is 11.8 Å². The first-order valence-corrected chi connectivity index (χ1v) is 5.14. The maximum Gasteiger partial charge on any atom is 0.320 e. The molecule has 1 aromatic heterocycles. The summed E-state index contributed by atoms with van der Waals surface area (Å²) in [5, 5.41) is 5.33. The third-order valence-corrected chi connectivity index (χ3v) is 2.03. The predicted molar refractivity (Wildman–Crippen MR) is 61.0 cm³/mol. The molecule has 1 aromatic rings. The van der Waals surface area contributed by atoms with Crippen molar-refractivity contribution in [3.63, 3.8) is 0 Å². The van der Waals surface area contributed by atoms with Crippen LogP contribution < -0.4 is 10.6 Å². The van der Waals surface area contributed by atoms with Crippen LogP contribution in [-0.2, 0) is 0 Å². The van der Waals surface area contributed by atoms with E-state index in [0.29, 0.717) is 18.3 Å². The standard InChI is InChI=1S/C11H17N3O/c1-4-12-11(15)14-10-7-9(8(2)3)5-6-13-10/h5-8H,4H2,1-3H3,(H2,12,13,14,15). The highest BCUT2D eigenvalue weighted by molar-refractivity contribution is 5.88. The van der Waals surface area contributed by atoms with Crippen LogP contribution in [0.1, 0.15) is 32.3 Å². The van der Waals surface area contributed by atoms with Crippen molar-refractivity contribution in [3.05, 3.63) is 23.9 Å². The maximum atomic E-state index is 11.2. The molecule has 0 saturated carbocycles. The molecule has 4 nitrogen and oxygen atoms in total. The van der Waals surface area contributed by atoms with Gasteiger partial charge in [-0.05, 0) is 30.5 Å². The predicted octanol–water partition coefficient (Wildman–Crippen LogP) is 2.35. The molecule has 0 spiro atoms. The Morgan fingerprint density at radius 1 is 1.53 bits per heavy atom. The molecule has 1 rings (SSSR count). The van der Waals surface area contributed by atoms with Gasteiger partial charge in [0.05, 0.1) is 0 Å². The number of carbonyl (C=O) groups excluding carboxylic acids is 1.